The van der Waals surface area contributed by atoms with Gasteiger partial charge in [0.2, 0.25) is 0 Å². The molecule has 0 saturated carbocycles. The first kappa shape index (κ1) is 19.3. The molecule has 0 atom stereocenters. The average molecular weight is 406 g/mol. The highest BCUT2D eigenvalue weighted by molar-refractivity contribution is 7.22. The minimum atomic E-state index is -0.176. The van der Waals surface area contributed by atoms with E-state index in [2.05, 4.69) is 36.1 Å². The Kier molecular flexibility index (Phi) is 5.15. The fraction of sp³-hybridized carbons (Fsp3) is 0.273. The Bertz CT molecular complexity index is 1140. The maximum atomic E-state index is 13.4. The lowest BCUT2D eigenvalue weighted by Crippen LogP contribution is -2.31. The zero-order chi connectivity index (χ0) is 20.5. The van der Waals surface area contributed by atoms with Crippen molar-refractivity contribution in [2.45, 2.75) is 33.2 Å². The molecule has 29 heavy (non-hydrogen) atoms. The molecule has 0 bridgehead atoms. The van der Waals surface area contributed by atoms with Crippen LogP contribution in [0.15, 0.2) is 48.7 Å². The van der Waals surface area contributed by atoms with E-state index in [0.29, 0.717) is 23.3 Å². The van der Waals surface area contributed by atoms with Crippen molar-refractivity contribution in [3.8, 4) is 0 Å². The van der Waals surface area contributed by atoms with Crippen LogP contribution in [0.3, 0.4) is 0 Å². The lowest BCUT2D eigenvalue weighted by molar-refractivity contribution is 0.0979. The number of hydrogen-bond acceptors (Lipinski definition) is 5. The molecule has 0 aliphatic heterocycles. The summed E-state index contributed by atoms with van der Waals surface area (Å²) in [6.45, 7) is 6.58. The van der Waals surface area contributed by atoms with E-state index in [1.807, 2.05) is 38.2 Å². The van der Waals surface area contributed by atoms with Crippen LogP contribution >= 0.6 is 11.3 Å². The number of pyridine rings is 1. The van der Waals surface area contributed by atoms with Gasteiger partial charge >= 0.3 is 0 Å². The number of carbonyl (C=O) groups excluding carboxylic acids is 1. The summed E-state index contributed by atoms with van der Waals surface area (Å²) >= 11 is 1.52. The number of fused-ring (bicyclic) bond motifs is 1. The summed E-state index contributed by atoms with van der Waals surface area (Å²) in [6.07, 6.45) is 1.73. The van der Waals surface area contributed by atoms with Crippen molar-refractivity contribution in [2.24, 2.45) is 7.05 Å². The van der Waals surface area contributed by atoms with Crippen molar-refractivity contribution in [1.29, 1.82) is 0 Å². The lowest BCUT2D eigenvalue weighted by atomic mass is 10.0. The third-order valence-corrected chi connectivity index (χ3v) is 5.96. The second-order valence-corrected chi connectivity index (χ2v) is 8.36. The Morgan fingerprint density at radius 2 is 2.03 bits per heavy atom. The van der Waals surface area contributed by atoms with Crippen LogP contribution < -0.4 is 4.90 Å². The zero-order valence-corrected chi connectivity index (χ0v) is 17.8. The highest BCUT2D eigenvalue weighted by Gasteiger charge is 2.25. The number of aromatic nitrogens is 4. The highest BCUT2D eigenvalue weighted by Crippen LogP contribution is 2.34. The third kappa shape index (κ3) is 3.78. The van der Waals surface area contributed by atoms with E-state index < -0.39 is 0 Å². The predicted molar refractivity (Wildman–Crippen MR) is 116 cm³/mol. The fourth-order valence-electron chi connectivity index (χ4n) is 3.22. The van der Waals surface area contributed by atoms with E-state index in [9.17, 15) is 4.79 Å². The molecule has 1 amide bonds. The topological polar surface area (TPSA) is 63.9 Å². The van der Waals surface area contributed by atoms with Crippen molar-refractivity contribution in [1.82, 2.24) is 19.7 Å². The highest BCUT2D eigenvalue weighted by atomic mass is 32.1. The summed E-state index contributed by atoms with van der Waals surface area (Å²) in [5.41, 5.74) is 4.28. The van der Waals surface area contributed by atoms with Gasteiger partial charge in [0.25, 0.3) is 5.91 Å². The first-order valence-corrected chi connectivity index (χ1v) is 10.4. The molecule has 148 valence electrons. The fourth-order valence-corrected chi connectivity index (χ4v) is 4.22. The molecule has 4 rings (SSSR count). The monoisotopic (exact) mass is 405 g/mol. The third-order valence-electron chi connectivity index (χ3n) is 4.92. The normalized spacial score (nSPS) is 11.3. The summed E-state index contributed by atoms with van der Waals surface area (Å²) in [4.78, 5) is 24.3. The second kappa shape index (κ2) is 7.75. The van der Waals surface area contributed by atoms with Crippen molar-refractivity contribution >= 4 is 32.6 Å². The number of aryl methyl sites for hydroxylation is 2. The van der Waals surface area contributed by atoms with Crippen LogP contribution in [0, 0.1) is 6.92 Å². The van der Waals surface area contributed by atoms with E-state index in [0.717, 1.165) is 21.6 Å². The van der Waals surface area contributed by atoms with Gasteiger partial charge in [-0.25, -0.2) is 4.98 Å². The number of para-hydroxylation sites is 1. The van der Waals surface area contributed by atoms with E-state index in [4.69, 9.17) is 4.98 Å². The summed E-state index contributed by atoms with van der Waals surface area (Å²) < 4.78 is 2.78. The van der Waals surface area contributed by atoms with Gasteiger partial charge in [0.1, 0.15) is 0 Å². The molecule has 0 fully saturated rings. The van der Waals surface area contributed by atoms with Gasteiger partial charge in [0.05, 0.1) is 22.5 Å². The summed E-state index contributed by atoms with van der Waals surface area (Å²) in [5, 5.41) is 5.04. The summed E-state index contributed by atoms with van der Waals surface area (Å²) in [7, 11) is 1.84. The van der Waals surface area contributed by atoms with Crippen LogP contribution in [0.2, 0.25) is 0 Å². The molecule has 3 heterocycles. The van der Waals surface area contributed by atoms with Crippen LogP contribution in [0.25, 0.3) is 10.2 Å². The van der Waals surface area contributed by atoms with Gasteiger partial charge in [-0.3, -0.25) is 19.4 Å². The lowest BCUT2D eigenvalue weighted by Gasteiger charge is -2.18. The number of anilines is 1. The predicted octanol–water partition coefficient (Wildman–Crippen LogP) is 4.70. The van der Waals surface area contributed by atoms with E-state index in [-0.39, 0.29) is 5.91 Å². The van der Waals surface area contributed by atoms with E-state index in [1.165, 1.54) is 16.9 Å². The molecule has 0 N–H and O–H groups in total. The molecular formula is C22H23N5OS. The molecule has 0 aliphatic rings. The van der Waals surface area contributed by atoms with Gasteiger partial charge in [-0.2, -0.15) is 5.10 Å². The van der Waals surface area contributed by atoms with Gasteiger partial charge in [-0.1, -0.05) is 43.4 Å². The number of nitrogens with zero attached hydrogens (tertiary/aromatic N) is 5. The van der Waals surface area contributed by atoms with Crippen molar-refractivity contribution < 1.29 is 4.79 Å². The summed E-state index contributed by atoms with van der Waals surface area (Å²) in [6, 6.07) is 13.7. The summed E-state index contributed by atoms with van der Waals surface area (Å²) in [5.74, 6) is 0.177. The number of amides is 1. The van der Waals surface area contributed by atoms with Gasteiger partial charge in [0, 0.05) is 18.9 Å². The minimum absolute atomic E-state index is 0.176. The number of hydrogen-bond donors (Lipinski definition) is 0. The average Bonchev–Trinajstić information content (AvgIpc) is 3.29. The number of thiazole rings is 1. The Morgan fingerprint density at radius 3 is 2.69 bits per heavy atom. The largest absolute Gasteiger partial charge is 0.280 e. The molecule has 0 unspecified atom stereocenters. The minimum Gasteiger partial charge on any atom is -0.276 e. The van der Waals surface area contributed by atoms with Gasteiger partial charge in [-0.15, -0.1) is 0 Å². The van der Waals surface area contributed by atoms with E-state index in [1.54, 1.807) is 21.8 Å². The van der Waals surface area contributed by atoms with Gasteiger partial charge in [-0.05, 0) is 42.7 Å². The number of rotatable bonds is 5. The Labute approximate surface area is 173 Å². The standard InChI is InChI=1S/C22H23N5OS/c1-14(2)17-9-7-10-19-20(17)24-22(29-19)27(13-16-8-5-6-11-23-16)21(28)18-12-15(3)26(4)25-18/h5-12,14H,13H2,1-4H3. The molecule has 0 saturated heterocycles. The van der Waals surface area contributed by atoms with Crippen LogP contribution in [0.4, 0.5) is 5.13 Å². The van der Waals surface area contributed by atoms with Crippen molar-refractivity contribution in [2.75, 3.05) is 4.90 Å². The molecule has 3 aromatic heterocycles. The Hall–Kier alpha value is -3.06. The number of benzene rings is 1. The number of carbonyl (C=O) groups is 1. The SMILES string of the molecule is Cc1cc(C(=O)N(Cc2ccccn2)c2nc3c(C(C)C)cccc3s2)nn1C. The molecule has 4 aromatic rings. The Balaban J connectivity index is 1.80. The molecule has 0 aliphatic carbocycles. The van der Waals surface area contributed by atoms with E-state index >= 15 is 0 Å². The van der Waals surface area contributed by atoms with Crippen molar-refractivity contribution in [3.05, 3.63) is 71.3 Å². The molecule has 0 radical (unpaired) electrons. The molecule has 6 nitrogen and oxygen atoms in total. The quantitative estimate of drug-likeness (QED) is 0.483. The smallest absolute Gasteiger partial charge is 0.276 e. The van der Waals surface area contributed by atoms with Crippen LogP contribution in [0.1, 0.15) is 47.2 Å². The van der Waals surface area contributed by atoms with Crippen molar-refractivity contribution in [3.63, 3.8) is 0 Å². The molecule has 7 heteroatoms. The Morgan fingerprint density at radius 1 is 1.21 bits per heavy atom. The molecule has 0 spiro atoms. The first-order chi connectivity index (χ1) is 13.9. The maximum absolute atomic E-state index is 13.4. The first-order valence-electron chi connectivity index (χ1n) is 9.56. The second-order valence-electron chi connectivity index (χ2n) is 7.35. The zero-order valence-electron chi connectivity index (χ0n) is 17.0. The molecular weight excluding hydrogens is 382 g/mol. The van der Waals surface area contributed by atoms with Gasteiger partial charge in [0.15, 0.2) is 10.8 Å². The van der Waals surface area contributed by atoms with Crippen LogP contribution in [0.5, 0.6) is 0 Å². The van der Waals surface area contributed by atoms with Gasteiger partial charge < -0.3 is 0 Å². The van der Waals surface area contributed by atoms with Crippen LogP contribution in [-0.4, -0.2) is 25.7 Å². The maximum Gasteiger partial charge on any atom is 0.280 e. The van der Waals surface area contributed by atoms with Crippen LogP contribution in [-0.2, 0) is 13.6 Å². The molecule has 1 aromatic carbocycles.